The molecule has 2 aromatic carbocycles. The number of carbonyl (C=O) groups is 3. The molecule has 0 bridgehead atoms. The zero-order chi connectivity index (χ0) is 20.5. The third kappa shape index (κ3) is 6.17. The van der Waals surface area contributed by atoms with Gasteiger partial charge in [-0.05, 0) is 30.4 Å². The van der Waals surface area contributed by atoms with Crippen LogP contribution in [0.3, 0.4) is 0 Å². The van der Waals surface area contributed by atoms with Gasteiger partial charge < -0.3 is 15.5 Å². The highest BCUT2D eigenvalue weighted by molar-refractivity contribution is 5.90. The monoisotopic (exact) mass is 393 g/mol. The number of hydrogen-bond acceptors (Lipinski definition) is 3. The summed E-state index contributed by atoms with van der Waals surface area (Å²) in [5.74, 6) is -0.517. The molecule has 152 valence electrons. The van der Waals surface area contributed by atoms with E-state index in [-0.39, 0.29) is 24.3 Å². The molecule has 2 aromatic rings. The summed E-state index contributed by atoms with van der Waals surface area (Å²) in [6.45, 7) is 0.909. The van der Waals surface area contributed by atoms with Gasteiger partial charge in [-0.2, -0.15) is 0 Å². The van der Waals surface area contributed by atoms with Crippen LogP contribution in [0.15, 0.2) is 60.7 Å². The van der Waals surface area contributed by atoms with Crippen LogP contribution in [-0.2, 0) is 27.3 Å². The van der Waals surface area contributed by atoms with Gasteiger partial charge in [0.15, 0.2) is 0 Å². The summed E-state index contributed by atoms with van der Waals surface area (Å²) in [5.41, 5.74) is 2.10. The van der Waals surface area contributed by atoms with Crippen molar-refractivity contribution in [3.8, 4) is 0 Å². The van der Waals surface area contributed by atoms with Gasteiger partial charge in [-0.3, -0.25) is 14.4 Å². The van der Waals surface area contributed by atoms with Crippen LogP contribution in [0.1, 0.15) is 30.4 Å². The van der Waals surface area contributed by atoms with E-state index in [1.165, 1.54) is 0 Å². The first-order valence-corrected chi connectivity index (χ1v) is 10.1. The molecule has 1 saturated heterocycles. The van der Waals surface area contributed by atoms with Gasteiger partial charge in [0.05, 0.1) is 6.54 Å². The standard InChI is InChI=1S/C23H27N3O3/c27-21(14-13-18-8-3-1-4-9-18)24-17-22(28)26-15-7-12-20(26)23(29)25-16-19-10-5-2-6-11-19/h1-6,8-11,20H,7,12-17H2,(H,24,27)(H,25,29)/t20-/m0/s1. The molecule has 1 fully saturated rings. The van der Waals surface area contributed by atoms with Gasteiger partial charge in [-0.1, -0.05) is 60.7 Å². The summed E-state index contributed by atoms with van der Waals surface area (Å²) >= 11 is 0. The van der Waals surface area contributed by atoms with Crippen molar-refractivity contribution in [2.24, 2.45) is 0 Å². The normalized spacial score (nSPS) is 15.7. The molecule has 3 rings (SSSR count). The highest BCUT2D eigenvalue weighted by Gasteiger charge is 2.33. The molecular formula is C23H27N3O3. The van der Waals surface area contributed by atoms with Crippen molar-refractivity contribution in [3.63, 3.8) is 0 Å². The second kappa shape index (κ2) is 10.4. The van der Waals surface area contributed by atoms with Crippen LogP contribution in [0.4, 0.5) is 0 Å². The fourth-order valence-corrected chi connectivity index (χ4v) is 3.51. The molecule has 6 heteroatoms. The number of benzene rings is 2. The van der Waals surface area contributed by atoms with Gasteiger partial charge >= 0.3 is 0 Å². The van der Waals surface area contributed by atoms with Gasteiger partial charge in [0.25, 0.3) is 0 Å². The van der Waals surface area contributed by atoms with Crippen molar-refractivity contribution in [1.82, 2.24) is 15.5 Å². The first-order chi connectivity index (χ1) is 14.1. The van der Waals surface area contributed by atoms with Crippen molar-refractivity contribution in [2.75, 3.05) is 13.1 Å². The molecule has 2 N–H and O–H groups in total. The molecule has 1 heterocycles. The zero-order valence-electron chi connectivity index (χ0n) is 16.5. The van der Waals surface area contributed by atoms with Crippen LogP contribution in [-0.4, -0.2) is 41.8 Å². The van der Waals surface area contributed by atoms with E-state index >= 15 is 0 Å². The van der Waals surface area contributed by atoms with Crippen LogP contribution in [0.5, 0.6) is 0 Å². The van der Waals surface area contributed by atoms with Gasteiger partial charge in [0, 0.05) is 19.5 Å². The topological polar surface area (TPSA) is 78.5 Å². The molecule has 0 spiro atoms. The third-order valence-corrected chi connectivity index (χ3v) is 5.11. The van der Waals surface area contributed by atoms with E-state index in [2.05, 4.69) is 10.6 Å². The highest BCUT2D eigenvalue weighted by Crippen LogP contribution is 2.17. The Morgan fingerprint density at radius 1 is 0.897 bits per heavy atom. The lowest BCUT2D eigenvalue weighted by Crippen LogP contribution is -2.48. The van der Waals surface area contributed by atoms with E-state index in [0.29, 0.717) is 32.4 Å². The number of nitrogens with one attached hydrogen (secondary N) is 2. The molecule has 0 aliphatic carbocycles. The van der Waals surface area contributed by atoms with E-state index in [1.807, 2.05) is 60.7 Å². The summed E-state index contributed by atoms with van der Waals surface area (Å²) in [4.78, 5) is 38.7. The molecule has 29 heavy (non-hydrogen) atoms. The first kappa shape index (κ1) is 20.6. The number of hydrogen-bond donors (Lipinski definition) is 2. The first-order valence-electron chi connectivity index (χ1n) is 10.1. The summed E-state index contributed by atoms with van der Waals surface area (Å²) in [6.07, 6.45) is 2.40. The molecule has 0 saturated carbocycles. The molecule has 0 radical (unpaired) electrons. The Morgan fingerprint density at radius 3 is 2.24 bits per heavy atom. The van der Waals surface area contributed by atoms with Gasteiger partial charge in [-0.15, -0.1) is 0 Å². The smallest absolute Gasteiger partial charge is 0.243 e. The Labute approximate surface area is 171 Å². The van der Waals surface area contributed by atoms with Crippen molar-refractivity contribution in [2.45, 2.75) is 38.3 Å². The van der Waals surface area contributed by atoms with Crippen LogP contribution >= 0.6 is 0 Å². The predicted octanol–water partition coefficient (Wildman–Crippen LogP) is 2.04. The highest BCUT2D eigenvalue weighted by atomic mass is 16.2. The maximum absolute atomic E-state index is 12.5. The van der Waals surface area contributed by atoms with E-state index in [9.17, 15) is 14.4 Å². The number of aryl methyl sites for hydroxylation is 1. The number of likely N-dealkylation sites (tertiary alicyclic amines) is 1. The second-order valence-electron chi connectivity index (χ2n) is 7.21. The Hall–Kier alpha value is -3.15. The maximum Gasteiger partial charge on any atom is 0.243 e. The Balaban J connectivity index is 1.43. The third-order valence-electron chi connectivity index (χ3n) is 5.11. The molecule has 0 aromatic heterocycles. The molecular weight excluding hydrogens is 366 g/mol. The van der Waals surface area contributed by atoms with Crippen LogP contribution < -0.4 is 10.6 Å². The van der Waals surface area contributed by atoms with E-state index in [1.54, 1.807) is 4.90 Å². The van der Waals surface area contributed by atoms with Crippen molar-refractivity contribution in [3.05, 3.63) is 71.8 Å². The number of rotatable bonds is 8. The van der Waals surface area contributed by atoms with E-state index < -0.39 is 6.04 Å². The van der Waals surface area contributed by atoms with Crippen LogP contribution in [0.25, 0.3) is 0 Å². The Kier molecular flexibility index (Phi) is 7.39. The largest absolute Gasteiger partial charge is 0.350 e. The Bertz CT molecular complexity index is 824. The van der Waals surface area contributed by atoms with Crippen molar-refractivity contribution >= 4 is 17.7 Å². The fraction of sp³-hybridized carbons (Fsp3) is 0.348. The predicted molar refractivity (Wildman–Crippen MR) is 111 cm³/mol. The summed E-state index contributed by atoms with van der Waals surface area (Å²) < 4.78 is 0. The molecule has 1 atom stereocenters. The average molecular weight is 393 g/mol. The lowest BCUT2D eigenvalue weighted by atomic mass is 10.1. The lowest BCUT2D eigenvalue weighted by Gasteiger charge is -2.24. The SMILES string of the molecule is O=C(CCc1ccccc1)NCC(=O)N1CCC[C@H]1C(=O)NCc1ccccc1. The van der Waals surface area contributed by atoms with E-state index in [0.717, 1.165) is 17.5 Å². The Morgan fingerprint density at radius 2 is 1.55 bits per heavy atom. The minimum Gasteiger partial charge on any atom is -0.350 e. The van der Waals surface area contributed by atoms with Gasteiger partial charge in [-0.25, -0.2) is 0 Å². The van der Waals surface area contributed by atoms with Crippen molar-refractivity contribution in [1.29, 1.82) is 0 Å². The summed E-state index contributed by atoms with van der Waals surface area (Å²) in [6, 6.07) is 19.0. The quantitative estimate of drug-likeness (QED) is 0.720. The minimum atomic E-state index is -0.465. The molecule has 1 aliphatic rings. The number of carbonyl (C=O) groups excluding carboxylic acids is 3. The van der Waals surface area contributed by atoms with Gasteiger partial charge in [0.1, 0.15) is 6.04 Å². The number of amides is 3. The second-order valence-corrected chi connectivity index (χ2v) is 7.21. The average Bonchev–Trinajstić information content (AvgIpc) is 3.26. The van der Waals surface area contributed by atoms with Crippen molar-refractivity contribution < 1.29 is 14.4 Å². The molecule has 3 amide bonds. The van der Waals surface area contributed by atoms with Crippen LogP contribution in [0, 0.1) is 0 Å². The number of nitrogens with zero attached hydrogens (tertiary/aromatic N) is 1. The molecule has 1 aliphatic heterocycles. The van der Waals surface area contributed by atoms with Gasteiger partial charge in [0.2, 0.25) is 17.7 Å². The minimum absolute atomic E-state index is 0.0733. The van der Waals surface area contributed by atoms with E-state index in [4.69, 9.17) is 0 Å². The van der Waals surface area contributed by atoms with Crippen LogP contribution in [0.2, 0.25) is 0 Å². The summed E-state index contributed by atoms with van der Waals surface area (Å²) in [7, 11) is 0. The maximum atomic E-state index is 12.5. The molecule has 6 nitrogen and oxygen atoms in total. The zero-order valence-corrected chi connectivity index (χ0v) is 16.5. The fourth-order valence-electron chi connectivity index (χ4n) is 3.51. The summed E-state index contributed by atoms with van der Waals surface area (Å²) in [5, 5.41) is 5.59. The lowest BCUT2D eigenvalue weighted by molar-refractivity contribution is -0.138. The molecule has 0 unspecified atom stereocenters.